The number of rotatable bonds is 9. The van der Waals surface area contributed by atoms with Crippen molar-refractivity contribution in [3.8, 4) is 11.1 Å². The first-order valence-corrected chi connectivity index (χ1v) is 14.5. The van der Waals surface area contributed by atoms with Gasteiger partial charge in [0.2, 0.25) is 0 Å². The van der Waals surface area contributed by atoms with Crippen LogP contribution in [0.4, 0.5) is 0 Å². The fourth-order valence-corrected chi connectivity index (χ4v) is 6.05. The molecule has 0 N–H and O–H groups in total. The minimum atomic E-state index is -0.113. The first-order valence-electron chi connectivity index (χ1n) is 13.8. The third-order valence-electron chi connectivity index (χ3n) is 7.88. The van der Waals surface area contributed by atoms with Crippen LogP contribution in [0.25, 0.3) is 11.1 Å². The number of carbonyl (C=O) groups excluding carboxylic acids is 1. The Kier molecular flexibility index (Phi) is 9.05. The van der Waals surface area contributed by atoms with Gasteiger partial charge in [-0.15, -0.1) is 0 Å². The third kappa shape index (κ3) is 6.60. The first-order chi connectivity index (χ1) is 18.5. The lowest BCUT2D eigenvalue weighted by Crippen LogP contribution is -2.44. The van der Waals surface area contributed by atoms with E-state index in [-0.39, 0.29) is 5.91 Å². The second kappa shape index (κ2) is 12.6. The lowest BCUT2D eigenvalue weighted by Gasteiger charge is -2.36. The maximum absolute atomic E-state index is 13.5. The maximum atomic E-state index is 13.5. The van der Waals surface area contributed by atoms with Gasteiger partial charge in [-0.2, -0.15) is 5.10 Å². The van der Waals surface area contributed by atoms with E-state index in [0.29, 0.717) is 22.3 Å². The molecule has 2 saturated heterocycles. The van der Waals surface area contributed by atoms with Crippen LogP contribution in [0.2, 0.25) is 10.0 Å². The highest BCUT2D eigenvalue weighted by atomic mass is 35.5. The van der Waals surface area contributed by atoms with Crippen LogP contribution in [0.15, 0.2) is 54.7 Å². The molecule has 5 rings (SSSR count). The summed E-state index contributed by atoms with van der Waals surface area (Å²) in [4.78, 5) is 20.5. The van der Waals surface area contributed by atoms with Crippen molar-refractivity contribution in [3.63, 3.8) is 0 Å². The molecule has 1 aromatic heterocycles. The number of piperidine rings is 1. The average molecular weight is 555 g/mol. The van der Waals surface area contributed by atoms with E-state index in [0.717, 1.165) is 42.2 Å². The van der Waals surface area contributed by atoms with Crippen molar-refractivity contribution < 1.29 is 4.79 Å². The molecule has 0 radical (unpaired) electrons. The molecule has 0 saturated carbocycles. The molecular weight excluding hydrogens is 517 g/mol. The summed E-state index contributed by atoms with van der Waals surface area (Å²) in [6, 6.07) is 16.2. The molecule has 2 aliphatic rings. The number of likely N-dealkylation sites (tertiary alicyclic amines) is 2. The molecule has 0 spiro atoms. The lowest BCUT2D eigenvalue weighted by molar-refractivity contribution is 0.0779. The summed E-state index contributed by atoms with van der Waals surface area (Å²) in [6.07, 6.45) is 8.24. The van der Waals surface area contributed by atoms with Gasteiger partial charge in [0.15, 0.2) is 5.69 Å². The molecule has 2 aromatic carbocycles. The highest BCUT2D eigenvalue weighted by molar-refractivity contribution is 6.42. The summed E-state index contributed by atoms with van der Waals surface area (Å²) in [5.41, 5.74) is 3.13. The Morgan fingerprint density at radius 3 is 2.42 bits per heavy atom. The smallest absolute Gasteiger partial charge is 0.275 e. The number of halogens is 2. The number of aromatic nitrogens is 2. The topological polar surface area (TPSA) is 44.6 Å². The number of carbonyl (C=O) groups is 1. The van der Waals surface area contributed by atoms with E-state index >= 15 is 0 Å². The molecule has 1 amide bonds. The third-order valence-corrected chi connectivity index (χ3v) is 8.62. The van der Waals surface area contributed by atoms with Crippen molar-refractivity contribution in [1.82, 2.24) is 24.5 Å². The summed E-state index contributed by atoms with van der Waals surface area (Å²) >= 11 is 12.5. The summed E-state index contributed by atoms with van der Waals surface area (Å²) < 4.78 is 1.92. The van der Waals surface area contributed by atoms with Gasteiger partial charge in [-0.3, -0.25) is 9.48 Å². The van der Waals surface area contributed by atoms with Crippen molar-refractivity contribution in [1.29, 1.82) is 0 Å². The molecule has 0 unspecified atom stereocenters. The van der Waals surface area contributed by atoms with Crippen LogP contribution in [-0.4, -0.2) is 76.2 Å². The zero-order valence-corrected chi connectivity index (χ0v) is 23.7. The van der Waals surface area contributed by atoms with E-state index in [1.165, 1.54) is 51.9 Å². The van der Waals surface area contributed by atoms with E-state index in [1.807, 2.05) is 60.4 Å². The fourth-order valence-electron chi connectivity index (χ4n) is 5.75. The van der Waals surface area contributed by atoms with Gasteiger partial charge >= 0.3 is 0 Å². The monoisotopic (exact) mass is 553 g/mol. The Balaban J connectivity index is 1.25. The molecule has 3 aromatic rings. The Labute approximate surface area is 236 Å². The van der Waals surface area contributed by atoms with Gasteiger partial charge in [-0.1, -0.05) is 59.6 Å². The number of aryl methyl sites for hydroxylation is 1. The van der Waals surface area contributed by atoms with E-state index in [1.54, 1.807) is 11.0 Å². The van der Waals surface area contributed by atoms with Crippen LogP contribution in [-0.2, 0) is 13.1 Å². The van der Waals surface area contributed by atoms with Gasteiger partial charge in [0.25, 0.3) is 5.91 Å². The van der Waals surface area contributed by atoms with Gasteiger partial charge in [-0.05, 0) is 88.1 Å². The SMILES string of the molecule is CN(Cc1ccccc1)C(=O)c1nn(CCCN2CCC(N3CCCC3)CC2)cc1-c1ccc(Cl)c(Cl)c1. The number of hydrogen-bond donors (Lipinski definition) is 0. The quantitative estimate of drug-likeness (QED) is 0.322. The van der Waals surface area contributed by atoms with E-state index in [9.17, 15) is 4.79 Å². The summed E-state index contributed by atoms with van der Waals surface area (Å²) in [5, 5.41) is 5.73. The predicted octanol–water partition coefficient (Wildman–Crippen LogP) is 6.08. The number of nitrogens with zero attached hydrogens (tertiary/aromatic N) is 5. The van der Waals surface area contributed by atoms with Crippen LogP contribution in [0.1, 0.15) is 48.2 Å². The molecule has 0 aliphatic carbocycles. The molecule has 2 aliphatic heterocycles. The molecular formula is C30H37Cl2N5O. The largest absolute Gasteiger partial charge is 0.336 e. The number of amides is 1. The molecule has 0 bridgehead atoms. The maximum Gasteiger partial charge on any atom is 0.275 e. The predicted molar refractivity (Wildman–Crippen MR) is 155 cm³/mol. The standard InChI is InChI=1S/C30H37Cl2N5O/c1-34(21-23-8-3-2-4-9-23)30(38)29-26(24-10-11-27(31)28(32)20-24)22-37(33-29)17-7-14-35-18-12-25(13-19-35)36-15-5-6-16-36/h2-4,8-11,20,22,25H,5-7,12-19,21H2,1H3. The minimum absolute atomic E-state index is 0.113. The van der Waals surface area contributed by atoms with Crippen LogP contribution < -0.4 is 0 Å². The van der Waals surface area contributed by atoms with Gasteiger partial charge < -0.3 is 14.7 Å². The zero-order valence-electron chi connectivity index (χ0n) is 22.2. The van der Waals surface area contributed by atoms with E-state index < -0.39 is 0 Å². The van der Waals surface area contributed by atoms with Crippen molar-refractivity contribution in [2.75, 3.05) is 39.8 Å². The highest BCUT2D eigenvalue weighted by Crippen LogP contribution is 2.31. The molecule has 38 heavy (non-hydrogen) atoms. The molecule has 6 nitrogen and oxygen atoms in total. The van der Waals surface area contributed by atoms with Gasteiger partial charge in [0.05, 0.1) is 10.0 Å². The van der Waals surface area contributed by atoms with Gasteiger partial charge in [0.1, 0.15) is 0 Å². The second-order valence-corrected chi connectivity index (χ2v) is 11.4. The molecule has 2 fully saturated rings. The van der Waals surface area contributed by atoms with Crippen LogP contribution in [0, 0.1) is 0 Å². The summed E-state index contributed by atoms with van der Waals surface area (Å²) in [6.45, 7) is 7.23. The second-order valence-electron chi connectivity index (χ2n) is 10.6. The van der Waals surface area contributed by atoms with E-state index in [4.69, 9.17) is 28.3 Å². The molecule has 8 heteroatoms. The van der Waals surface area contributed by atoms with Crippen molar-refractivity contribution in [2.24, 2.45) is 0 Å². The van der Waals surface area contributed by atoms with Crippen molar-refractivity contribution in [3.05, 3.63) is 76.0 Å². The summed E-state index contributed by atoms with van der Waals surface area (Å²) in [7, 11) is 1.82. The molecule has 0 atom stereocenters. The minimum Gasteiger partial charge on any atom is -0.336 e. The van der Waals surface area contributed by atoms with Crippen molar-refractivity contribution in [2.45, 2.75) is 51.2 Å². The highest BCUT2D eigenvalue weighted by Gasteiger charge is 2.26. The fraction of sp³-hybridized carbons (Fsp3) is 0.467. The number of benzene rings is 2. The summed E-state index contributed by atoms with van der Waals surface area (Å²) in [5.74, 6) is -0.113. The Bertz CT molecular complexity index is 1220. The van der Waals surface area contributed by atoms with Crippen LogP contribution >= 0.6 is 23.2 Å². The number of hydrogen-bond acceptors (Lipinski definition) is 4. The average Bonchev–Trinajstić information content (AvgIpc) is 3.62. The molecule has 202 valence electrons. The van der Waals surface area contributed by atoms with Crippen LogP contribution in [0.5, 0.6) is 0 Å². The van der Waals surface area contributed by atoms with Gasteiger partial charge in [0, 0.05) is 37.9 Å². The lowest BCUT2D eigenvalue weighted by atomic mass is 10.0. The first kappa shape index (κ1) is 27.2. The Hall–Kier alpha value is -2.38. The normalized spacial score (nSPS) is 17.2. The van der Waals surface area contributed by atoms with Crippen LogP contribution in [0.3, 0.4) is 0 Å². The van der Waals surface area contributed by atoms with E-state index in [2.05, 4.69) is 9.80 Å². The Morgan fingerprint density at radius 1 is 0.974 bits per heavy atom. The van der Waals surface area contributed by atoms with Gasteiger partial charge in [-0.25, -0.2) is 0 Å². The molecule has 3 heterocycles. The Morgan fingerprint density at radius 2 is 1.71 bits per heavy atom. The zero-order chi connectivity index (χ0) is 26.5. The van der Waals surface area contributed by atoms with Crippen molar-refractivity contribution >= 4 is 29.1 Å².